The lowest BCUT2D eigenvalue weighted by atomic mass is 10.2. The van der Waals surface area contributed by atoms with Gasteiger partial charge in [-0.2, -0.15) is 5.10 Å². The number of methoxy groups -OCH3 is 1. The molecule has 27 heavy (non-hydrogen) atoms. The smallest absolute Gasteiger partial charge is 0.163 e. The van der Waals surface area contributed by atoms with Crippen LogP contribution < -0.4 is 14.9 Å². The lowest BCUT2D eigenvalue weighted by Crippen LogP contribution is -2.00. The zero-order valence-corrected chi connectivity index (χ0v) is 16.2. The van der Waals surface area contributed by atoms with E-state index in [1.54, 1.807) is 25.5 Å². The molecule has 0 bridgehead atoms. The Morgan fingerprint density at radius 1 is 0.926 bits per heavy atom. The first-order valence-electron chi connectivity index (χ1n) is 8.25. The minimum Gasteiger partial charge on any atom is -0.493 e. The molecule has 0 saturated carbocycles. The van der Waals surface area contributed by atoms with Crippen molar-refractivity contribution in [2.45, 2.75) is 6.61 Å². The van der Waals surface area contributed by atoms with E-state index in [0.717, 1.165) is 11.3 Å². The number of hydrogen-bond acceptors (Lipinski definition) is 4. The van der Waals surface area contributed by atoms with Crippen LogP contribution in [0.5, 0.6) is 11.5 Å². The molecule has 0 amide bonds. The zero-order valence-electron chi connectivity index (χ0n) is 14.7. The van der Waals surface area contributed by atoms with E-state index in [1.807, 2.05) is 54.6 Å². The van der Waals surface area contributed by atoms with Gasteiger partial charge in [-0.3, -0.25) is 5.43 Å². The number of halogens is 2. The number of rotatable bonds is 7. The Kier molecular flexibility index (Phi) is 6.58. The van der Waals surface area contributed by atoms with Crippen LogP contribution in [-0.4, -0.2) is 13.3 Å². The quantitative estimate of drug-likeness (QED) is 0.389. The molecular weight excluding hydrogens is 383 g/mol. The molecule has 0 aromatic heterocycles. The van der Waals surface area contributed by atoms with Gasteiger partial charge in [-0.05, 0) is 24.3 Å². The fourth-order valence-corrected chi connectivity index (χ4v) is 2.77. The van der Waals surface area contributed by atoms with Gasteiger partial charge in [-0.15, -0.1) is 0 Å². The van der Waals surface area contributed by atoms with Crippen molar-refractivity contribution in [2.75, 3.05) is 12.5 Å². The summed E-state index contributed by atoms with van der Waals surface area (Å²) in [5.41, 5.74) is 5.43. The summed E-state index contributed by atoms with van der Waals surface area (Å²) in [6, 6.07) is 20.7. The Morgan fingerprint density at radius 2 is 1.67 bits per heavy atom. The van der Waals surface area contributed by atoms with Gasteiger partial charge in [0.15, 0.2) is 11.5 Å². The first-order chi connectivity index (χ1) is 13.2. The predicted octanol–water partition coefficient (Wildman–Crippen LogP) is 6.03. The Labute approximate surface area is 168 Å². The van der Waals surface area contributed by atoms with E-state index in [-0.39, 0.29) is 0 Å². The van der Waals surface area contributed by atoms with E-state index in [9.17, 15) is 0 Å². The number of hydrogen-bond donors (Lipinski definition) is 1. The average molecular weight is 401 g/mol. The van der Waals surface area contributed by atoms with Crippen molar-refractivity contribution in [3.05, 3.63) is 87.9 Å². The molecule has 1 N–H and O–H groups in total. The molecule has 0 aliphatic heterocycles. The molecule has 0 spiro atoms. The number of hydrazone groups is 1. The molecule has 0 heterocycles. The third-order valence-corrected chi connectivity index (χ3v) is 4.49. The Balaban J connectivity index is 1.73. The van der Waals surface area contributed by atoms with Crippen molar-refractivity contribution in [3.8, 4) is 11.5 Å². The van der Waals surface area contributed by atoms with Crippen LogP contribution in [0.3, 0.4) is 0 Å². The topological polar surface area (TPSA) is 42.8 Å². The van der Waals surface area contributed by atoms with Crippen LogP contribution in [-0.2, 0) is 6.61 Å². The van der Waals surface area contributed by atoms with Crippen molar-refractivity contribution in [1.29, 1.82) is 0 Å². The highest BCUT2D eigenvalue weighted by atomic mass is 35.5. The maximum atomic E-state index is 6.37. The van der Waals surface area contributed by atoms with Crippen molar-refractivity contribution in [2.24, 2.45) is 5.10 Å². The molecule has 4 nitrogen and oxygen atoms in total. The number of para-hydroxylation sites is 1. The fourth-order valence-electron chi connectivity index (χ4n) is 2.38. The zero-order chi connectivity index (χ0) is 19.1. The van der Waals surface area contributed by atoms with Gasteiger partial charge in [0, 0.05) is 22.2 Å². The highest BCUT2D eigenvalue weighted by molar-refractivity contribution is 6.33. The van der Waals surface area contributed by atoms with Crippen LogP contribution in [0.4, 0.5) is 5.69 Å². The summed E-state index contributed by atoms with van der Waals surface area (Å²) in [5.74, 6) is 1.10. The molecule has 0 aliphatic carbocycles. The number of anilines is 1. The standard InChI is InChI=1S/C21H18Cl2N2O2/c1-26-20-11-16(13-24-25-17-8-3-2-4-9-17)19(23)12-21(20)27-14-15-7-5-6-10-18(15)22/h2-13,25H,14H2,1H3. The molecule has 6 heteroatoms. The highest BCUT2D eigenvalue weighted by Crippen LogP contribution is 2.33. The van der Waals surface area contributed by atoms with Gasteiger partial charge in [-0.1, -0.05) is 59.6 Å². The monoisotopic (exact) mass is 400 g/mol. The summed E-state index contributed by atoms with van der Waals surface area (Å²) in [7, 11) is 1.58. The first-order valence-corrected chi connectivity index (χ1v) is 9.01. The first kappa shape index (κ1) is 19.1. The van der Waals surface area contributed by atoms with Gasteiger partial charge in [0.2, 0.25) is 0 Å². The average Bonchev–Trinajstić information content (AvgIpc) is 2.69. The minimum atomic E-state index is 0.315. The normalized spacial score (nSPS) is 10.8. The molecule has 0 unspecified atom stereocenters. The number of nitrogens with zero attached hydrogens (tertiary/aromatic N) is 1. The predicted molar refractivity (Wildman–Crippen MR) is 111 cm³/mol. The summed E-state index contributed by atoms with van der Waals surface area (Å²) >= 11 is 12.5. The molecule has 0 fully saturated rings. The molecule has 3 aromatic carbocycles. The summed E-state index contributed by atoms with van der Waals surface area (Å²) in [6.07, 6.45) is 1.63. The van der Waals surface area contributed by atoms with E-state index in [2.05, 4.69) is 10.5 Å². The highest BCUT2D eigenvalue weighted by Gasteiger charge is 2.11. The maximum Gasteiger partial charge on any atom is 0.163 e. The van der Waals surface area contributed by atoms with Gasteiger partial charge in [0.1, 0.15) is 6.61 Å². The van der Waals surface area contributed by atoms with Gasteiger partial charge < -0.3 is 9.47 Å². The van der Waals surface area contributed by atoms with Crippen molar-refractivity contribution < 1.29 is 9.47 Å². The molecule has 0 saturated heterocycles. The molecule has 0 aliphatic rings. The SMILES string of the molecule is COc1cc(C=NNc2ccccc2)c(Cl)cc1OCc1ccccc1Cl. The summed E-state index contributed by atoms with van der Waals surface area (Å²) < 4.78 is 11.3. The fraction of sp³-hybridized carbons (Fsp3) is 0.0952. The Bertz CT molecular complexity index is 931. The molecule has 138 valence electrons. The second-order valence-corrected chi connectivity index (χ2v) is 6.46. The van der Waals surface area contributed by atoms with E-state index >= 15 is 0 Å². The van der Waals surface area contributed by atoms with Gasteiger partial charge in [-0.25, -0.2) is 0 Å². The van der Waals surface area contributed by atoms with E-state index < -0.39 is 0 Å². The van der Waals surface area contributed by atoms with Gasteiger partial charge in [0.05, 0.1) is 24.0 Å². The lowest BCUT2D eigenvalue weighted by molar-refractivity contribution is 0.284. The Hall–Kier alpha value is -2.69. The second-order valence-electron chi connectivity index (χ2n) is 5.64. The van der Waals surface area contributed by atoms with E-state index in [0.29, 0.717) is 33.7 Å². The van der Waals surface area contributed by atoms with Crippen molar-refractivity contribution in [1.82, 2.24) is 0 Å². The third-order valence-electron chi connectivity index (χ3n) is 3.80. The van der Waals surface area contributed by atoms with Gasteiger partial charge in [0.25, 0.3) is 0 Å². The second kappa shape index (κ2) is 9.31. The van der Waals surface area contributed by atoms with Crippen molar-refractivity contribution in [3.63, 3.8) is 0 Å². The van der Waals surface area contributed by atoms with Crippen molar-refractivity contribution >= 4 is 35.1 Å². The number of benzene rings is 3. The molecule has 0 atom stereocenters. The number of nitrogens with one attached hydrogen (secondary N) is 1. The van der Waals surface area contributed by atoms with E-state index in [4.69, 9.17) is 32.7 Å². The lowest BCUT2D eigenvalue weighted by Gasteiger charge is -2.13. The molecule has 3 rings (SSSR count). The Morgan fingerprint density at radius 3 is 2.41 bits per heavy atom. The third kappa shape index (κ3) is 5.16. The van der Waals surface area contributed by atoms with Crippen LogP contribution in [0.25, 0.3) is 0 Å². The molecular formula is C21H18Cl2N2O2. The molecule has 0 radical (unpaired) electrons. The van der Waals surface area contributed by atoms with Gasteiger partial charge >= 0.3 is 0 Å². The molecule has 3 aromatic rings. The summed E-state index contributed by atoms with van der Waals surface area (Å²) in [4.78, 5) is 0. The van der Waals surface area contributed by atoms with Crippen LogP contribution in [0, 0.1) is 0 Å². The maximum absolute atomic E-state index is 6.37. The van der Waals surface area contributed by atoms with Crippen LogP contribution in [0.2, 0.25) is 10.0 Å². The number of ether oxygens (including phenoxy) is 2. The summed E-state index contributed by atoms with van der Waals surface area (Å²) in [6.45, 7) is 0.315. The largest absolute Gasteiger partial charge is 0.493 e. The van der Waals surface area contributed by atoms with Crippen LogP contribution in [0.15, 0.2) is 71.8 Å². The van der Waals surface area contributed by atoms with Crippen LogP contribution >= 0.6 is 23.2 Å². The van der Waals surface area contributed by atoms with Crippen LogP contribution in [0.1, 0.15) is 11.1 Å². The minimum absolute atomic E-state index is 0.315. The van der Waals surface area contributed by atoms with E-state index in [1.165, 1.54) is 0 Å². The summed E-state index contributed by atoms with van der Waals surface area (Å²) in [5, 5.41) is 5.36.